The summed E-state index contributed by atoms with van der Waals surface area (Å²) in [5.74, 6) is 0. The van der Waals surface area contributed by atoms with Crippen LogP contribution < -0.4 is 5.32 Å². The van der Waals surface area contributed by atoms with Crippen LogP contribution in [0.5, 0.6) is 0 Å². The second-order valence-corrected chi connectivity index (χ2v) is 6.19. The first kappa shape index (κ1) is 15.4. The molecule has 1 aliphatic rings. The van der Waals surface area contributed by atoms with Gasteiger partial charge in [0.25, 0.3) is 0 Å². The number of likely N-dealkylation sites (N-methyl/N-ethyl adjacent to an activating group) is 1. The van der Waals surface area contributed by atoms with Crippen molar-refractivity contribution >= 4 is 34.9 Å². The smallest absolute Gasteiger partial charge is 0.321 e. The van der Waals surface area contributed by atoms with Gasteiger partial charge < -0.3 is 15.3 Å². The third-order valence-electron chi connectivity index (χ3n) is 3.58. The molecule has 1 fully saturated rings. The third kappa shape index (κ3) is 3.78. The van der Waals surface area contributed by atoms with Gasteiger partial charge in [-0.2, -0.15) is 0 Å². The molecule has 0 saturated heterocycles. The second kappa shape index (κ2) is 6.20. The molecule has 2 amide bonds. The highest BCUT2D eigenvalue weighted by Gasteiger charge is 2.33. The fraction of sp³-hybridized carbons (Fsp3) is 0.500. The van der Waals surface area contributed by atoms with E-state index in [0.29, 0.717) is 22.3 Å². The van der Waals surface area contributed by atoms with Crippen LogP contribution >= 0.6 is 23.2 Å². The molecule has 0 aliphatic heterocycles. The molecule has 0 heterocycles. The van der Waals surface area contributed by atoms with E-state index in [9.17, 15) is 9.90 Å². The summed E-state index contributed by atoms with van der Waals surface area (Å²) in [5.41, 5.74) is -0.293. The highest BCUT2D eigenvalue weighted by Crippen LogP contribution is 2.30. The number of urea groups is 1. The number of carbonyl (C=O) groups is 1. The number of carbonyl (C=O) groups excluding carboxylic acids is 1. The summed E-state index contributed by atoms with van der Waals surface area (Å²) < 4.78 is 0. The van der Waals surface area contributed by atoms with E-state index in [1.54, 1.807) is 25.2 Å². The zero-order valence-electron chi connectivity index (χ0n) is 11.3. The monoisotopic (exact) mass is 316 g/mol. The molecule has 1 aromatic rings. The Balaban J connectivity index is 1.98. The van der Waals surface area contributed by atoms with Crippen molar-refractivity contribution < 1.29 is 9.90 Å². The Bertz CT molecular complexity index is 502. The topological polar surface area (TPSA) is 52.6 Å². The zero-order valence-corrected chi connectivity index (χ0v) is 12.8. The molecule has 2 N–H and O–H groups in total. The Morgan fingerprint density at radius 3 is 2.70 bits per heavy atom. The van der Waals surface area contributed by atoms with Crippen LogP contribution in [0.4, 0.5) is 10.5 Å². The minimum Gasteiger partial charge on any atom is -0.388 e. The van der Waals surface area contributed by atoms with Gasteiger partial charge in [-0.25, -0.2) is 4.79 Å². The molecular formula is C14H18Cl2N2O2. The second-order valence-electron chi connectivity index (χ2n) is 5.34. The molecule has 0 unspecified atom stereocenters. The van der Waals surface area contributed by atoms with Crippen molar-refractivity contribution in [2.24, 2.45) is 0 Å². The number of nitrogens with one attached hydrogen (secondary N) is 1. The summed E-state index contributed by atoms with van der Waals surface area (Å²) in [6, 6.07) is 4.57. The lowest BCUT2D eigenvalue weighted by Gasteiger charge is -2.28. The fourth-order valence-electron chi connectivity index (χ4n) is 2.51. The van der Waals surface area contributed by atoms with E-state index < -0.39 is 5.60 Å². The standard InChI is InChI=1S/C14H18Cl2N2O2/c1-18(9-14(20)6-2-3-7-14)13(19)17-12-8-10(15)4-5-11(12)16/h4-5,8,20H,2-3,6-7,9H2,1H3,(H,17,19). The van der Waals surface area contributed by atoms with Gasteiger partial charge in [-0.3, -0.25) is 0 Å². The van der Waals surface area contributed by atoms with Gasteiger partial charge in [-0.1, -0.05) is 36.0 Å². The first-order valence-corrected chi connectivity index (χ1v) is 7.35. The number of hydrogen-bond donors (Lipinski definition) is 2. The van der Waals surface area contributed by atoms with Crippen molar-refractivity contribution in [3.63, 3.8) is 0 Å². The average molecular weight is 317 g/mol. The summed E-state index contributed by atoms with van der Waals surface area (Å²) in [6.07, 6.45) is 3.49. The minimum absolute atomic E-state index is 0.311. The molecule has 4 nitrogen and oxygen atoms in total. The normalized spacial score (nSPS) is 17.0. The van der Waals surface area contributed by atoms with E-state index in [1.807, 2.05) is 0 Å². The molecule has 110 valence electrons. The number of amides is 2. The van der Waals surface area contributed by atoms with Crippen LogP contribution in [-0.2, 0) is 0 Å². The van der Waals surface area contributed by atoms with E-state index in [1.165, 1.54) is 4.90 Å². The molecule has 0 aromatic heterocycles. The van der Waals surface area contributed by atoms with Crippen LogP contribution in [0, 0.1) is 0 Å². The van der Waals surface area contributed by atoms with Crippen molar-refractivity contribution in [2.45, 2.75) is 31.3 Å². The van der Waals surface area contributed by atoms with E-state index >= 15 is 0 Å². The SMILES string of the molecule is CN(CC1(O)CCCC1)C(=O)Nc1cc(Cl)ccc1Cl. The Hall–Kier alpha value is -0.970. The Morgan fingerprint density at radius 1 is 1.40 bits per heavy atom. The van der Waals surface area contributed by atoms with Gasteiger partial charge in [0.1, 0.15) is 0 Å². The molecule has 1 aromatic carbocycles. The number of aliphatic hydroxyl groups is 1. The summed E-state index contributed by atoms with van der Waals surface area (Å²) >= 11 is 11.9. The number of benzene rings is 1. The van der Waals surface area contributed by atoms with Gasteiger partial charge in [0.05, 0.1) is 22.9 Å². The molecule has 0 radical (unpaired) electrons. The highest BCUT2D eigenvalue weighted by molar-refractivity contribution is 6.35. The van der Waals surface area contributed by atoms with E-state index in [0.717, 1.165) is 25.7 Å². The predicted molar refractivity (Wildman–Crippen MR) is 81.5 cm³/mol. The number of halogens is 2. The van der Waals surface area contributed by atoms with Crippen molar-refractivity contribution in [3.8, 4) is 0 Å². The number of hydrogen-bond acceptors (Lipinski definition) is 2. The van der Waals surface area contributed by atoms with Gasteiger partial charge in [-0.05, 0) is 31.0 Å². The fourth-order valence-corrected chi connectivity index (χ4v) is 2.85. The molecule has 1 saturated carbocycles. The van der Waals surface area contributed by atoms with Crippen LogP contribution in [0.15, 0.2) is 18.2 Å². The zero-order chi connectivity index (χ0) is 14.8. The molecule has 0 bridgehead atoms. The largest absolute Gasteiger partial charge is 0.388 e. The Kier molecular flexibility index (Phi) is 4.78. The van der Waals surface area contributed by atoms with Crippen LogP contribution in [0.1, 0.15) is 25.7 Å². The van der Waals surface area contributed by atoms with Crippen LogP contribution in [0.2, 0.25) is 10.0 Å². The number of anilines is 1. The maximum Gasteiger partial charge on any atom is 0.321 e. The van der Waals surface area contributed by atoms with E-state index in [4.69, 9.17) is 23.2 Å². The first-order chi connectivity index (χ1) is 9.39. The van der Waals surface area contributed by atoms with Gasteiger partial charge in [0, 0.05) is 12.1 Å². The minimum atomic E-state index is -0.760. The van der Waals surface area contributed by atoms with Crippen molar-refractivity contribution in [1.82, 2.24) is 4.90 Å². The molecule has 0 atom stereocenters. The number of rotatable bonds is 3. The first-order valence-electron chi connectivity index (χ1n) is 6.59. The summed E-state index contributed by atoms with van der Waals surface area (Å²) in [5, 5.41) is 13.9. The Labute approximate surface area is 128 Å². The third-order valence-corrected chi connectivity index (χ3v) is 4.15. The molecule has 1 aliphatic carbocycles. The van der Waals surface area contributed by atoms with E-state index in [-0.39, 0.29) is 6.03 Å². The van der Waals surface area contributed by atoms with Crippen molar-refractivity contribution in [1.29, 1.82) is 0 Å². The summed E-state index contributed by atoms with van der Waals surface area (Å²) in [6.45, 7) is 0.316. The van der Waals surface area contributed by atoms with Gasteiger partial charge >= 0.3 is 6.03 Å². The summed E-state index contributed by atoms with van der Waals surface area (Å²) in [4.78, 5) is 13.6. The summed E-state index contributed by atoms with van der Waals surface area (Å²) in [7, 11) is 1.66. The lowest BCUT2D eigenvalue weighted by molar-refractivity contribution is 0.0262. The van der Waals surface area contributed by atoms with Crippen molar-refractivity contribution in [2.75, 3.05) is 18.9 Å². The van der Waals surface area contributed by atoms with E-state index in [2.05, 4.69) is 5.32 Å². The molecule has 2 rings (SSSR count). The molecule has 20 heavy (non-hydrogen) atoms. The van der Waals surface area contributed by atoms with Crippen LogP contribution in [-0.4, -0.2) is 35.2 Å². The quantitative estimate of drug-likeness (QED) is 0.892. The molecular weight excluding hydrogens is 299 g/mol. The lowest BCUT2D eigenvalue weighted by Crippen LogP contribution is -2.43. The Morgan fingerprint density at radius 2 is 2.05 bits per heavy atom. The lowest BCUT2D eigenvalue weighted by atomic mass is 10.0. The van der Waals surface area contributed by atoms with Crippen LogP contribution in [0.3, 0.4) is 0 Å². The molecule has 0 spiro atoms. The van der Waals surface area contributed by atoms with Crippen LogP contribution in [0.25, 0.3) is 0 Å². The maximum atomic E-state index is 12.1. The highest BCUT2D eigenvalue weighted by atomic mass is 35.5. The molecule has 6 heteroatoms. The average Bonchev–Trinajstić information content (AvgIpc) is 2.80. The predicted octanol–water partition coefficient (Wildman–Crippen LogP) is 3.76. The van der Waals surface area contributed by atoms with Crippen molar-refractivity contribution in [3.05, 3.63) is 28.2 Å². The maximum absolute atomic E-state index is 12.1. The van der Waals surface area contributed by atoms with Gasteiger partial charge in [0.15, 0.2) is 0 Å². The number of nitrogens with zero attached hydrogens (tertiary/aromatic N) is 1. The van der Waals surface area contributed by atoms with Gasteiger partial charge in [0.2, 0.25) is 0 Å². The van der Waals surface area contributed by atoms with Gasteiger partial charge in [-0.15, -0.1) is 0 Å².